The third kappa shape index (κ3) is 2.47. The van der Waals surface area contributed by atoms with Gasteiger partial charge in [-0.3, -0.25) is 4.79 Å². The lowest BCUT2D eigenvalue weighted by atomic mass is 9.99. The average Bonchev–Trinajstić information content (AvgIpc) is 2.92. The molecule has 0 bridgehead atoms. The largest absolute Gasteiger partial charge is 0.364 e. The van der Waals surface area contributed by atoms with Gasteiger partial charge in [-0.1, -0.05) is 6.92 Å². The Bertz CT molecular complexity index is 302. The molecule has 98 valence electrons. The second-order valence-corrected chi connectivity index (χ2v) is 5.84. The number of hydrogen-bond acceptors (Lipinski definition) is 3. The van der Waals surface area contributed by atoms with E-state index < -0.39 is 0 Å². The van der Waals surface area contributed by atoms with E-state index in [1.165, 1.54) is 12.8 Å². The Morgan fingerprint density at radius 1 is 1.53 bits per heavy atom. The smallest absolute Gasteiger partial charge is 0.251 e. The van der Waals surface area contributed by atoms with Crippen molar-refractivity contribution in [2.24, 2.45) is 11.1 Å². The van der Waals surface area contributed by atoms with Gasteiger partial charge in [0.15, 0.2) is 0 Å². The number of rotatable bonds is 4. The second kappa shape index (κ2) is 4.58. The van der Waals surface area contributed by atoms with Gasteiger partial charge in [0.1, 0.15) is 6.10 Å². The van der Waals surface area contributed by atoms with E-state index in [0.717, 1.165) is 12.8 Å². The van der Waals surface area contributed by atoms with Crippen molar-refractivity contribution in [3.05, 3.63) is 0 Å². The number of amides is 1. The predicted octanol–water partition coefficient (Wildman–Crippen LogP) is 1.14. The molecular formula is C13H24N2O2. The van der Waals surface area contributed by atoms with E-state index >= 15 is 0 Å². The fraction of sp³-hybridized carbons (Fsp3) is 0.923. The third-order valence-electron chi connectivity index (χ3n) is 4.62. The summed E-state index contributed by atoms with van der Waals surface area (Å²) in [5.74, 6) is 0.126. The minimum Gasteiger partial charge on any atom is -0.364 e. The number of likely N-dealkylation sites (N-methyl/N-ethyl adjacent to an activating group) is 1. The second-order valence-electron chi connectivity index (χ2n) is 5.84. The predicted molar refractivity (Wildman–Crippen MR) is 66.5 cm³/mol. The zero-order valence-corrected chi connectivity index (χ0v) is 11.1. The van der Waals surface area contributed by atoms with Crippen LogP contribution >= 0.6 is 0 Å². The van der Waals surface area contributed by atoms with Gasteiger partial charge in [-0.15, -0.1) is 0 Å². The topological polar surface area (TPSA) is 55.6 Å². The molecule has 3 atom stereocenters. The highest BCUT2D eigenvalue weighted by molar-refractivity contribution is 5.81. The van der Waals surface area contributed by atoms with Crippen molar-refractivity contribution in [1.29, 1.82) is 0 Å². The fourth-order valence-corrected chi connectivity index (χ4v) is 2.56. The van der Waals surface area contributed by atoms with Crippen LogP contribution in [0.15, 0.2) is 0 Å². The van der Waals surface area contributed by atoms with Crippen molar-refractivity contribution in [1.82, 2.24) is 4.90 Å². The SMILES string of the molecule is CC(N(C)C(=O)[C@@H]1CC[C@H](CN)O1)C1(C)CC1. The van der Waals surface area contributed by atoms with Crippen molar-refractivity contribution in [3.8, 4) is 0 Å². The van der Waals surface area contributed by atoms with E-state index in [-0.39, 0.29) is 18.1 Å². The number of nitrogens with two attached hydrogens (primary N) is 1. The van der Waals surface area contributed by atoms with Crippen LogP contribution in [0.25, 0.3) is 0 Å². The number of hydrogen-bond donors (Lipinski definition) is 1. The summed E-state index contributed by atoms with van der Waals surface area (Å²) < 4.78 is 5.66. The average molecular weight is 240 g/mol. The van der Waals surface area contributed by atoms with E-state index in [1.807, 2.05) is 11.9 Å². The molecular weight excluding hydrogens is 216 g/mol. The van der Waals surface area contributed by atoms with Gasteiger partial charge in [-0.2, -0.15) is 0 Å². The molecule has 1 amide bonds. The first-order valence-corrected chi connectivity index (χ1v) is 6.60. The zero-order chi connectivity index (χ0) is 12.6. The first-order valence-electron chi connectivity index (χ1n) is 6.60. The van der Waals surface area contributed by atoms with Gasteiger partial charge in [0, 0.05) is 19.6 Å². The minimum absolute atomic E-state index is 0.0733. The van der Waals surface area contributed by atoms with E-state index in [0.29, 0.717) is 18.0 Å². The number of carbonyl (C=O) groups excluding carboxylic acids is 1. The molecule has 2 aliphatic rings. The van der Waals surface area contributed by atoms with Gasteiger partial charge in [0.2, 0.25) is 0 Å². The molecule has 17 heavy (non-hydrogen) atoms. The monoisotopic (exact) mass is 240 g/mol. The van der Waals surface area contributed by atoms with Crippen LogP contribution in [0.1, 0.15) is 39.5 Å². The third-order valence-corrected chi connectivity index (χ3v) is 4.62. The van der Waals surface area contributed by atoms with Crippen LogP contribution in [0, 0.1) is 5.41 Å². The maximum atomic E-state index is 12.3. The van der Waals surface area contributed by atoms with Gasteiger partial charge in [-0.25, -0.2) is 0 Å². The normalized spacial score (nSPS) is 32.2. The summed E-state index contributed by atoms with van der Waals surface area (Å²) in [6.45, 7) is 4.90. The minimum atomic E-state index is -0.265. The van der Waals surface area contributed by atoms with Gasteiger partial charge in [0.05, 0.1) is 6.10 Å². The van der Waals surface area contributed by atoms with Crippen LogP contribution in [0.5, 0.6) is 0 Å². The molecule has 1 heterocycles. The van der Waals surface area contributed by atoms with Gasteiger partial charge < -0.3 is 15.4 Å². The Labute approximate surface area is 103 Å². The first-order chi connectivity index (χ1) is 7.98. The quantitative estimate of drug-likeness (QED) is 0.801. The molecule has 0 aromatic carbocycles. The standard InChI is InChI=1S/C13H24N2O2/c1-9(13(2)6-7-13)15(3)12(16)11-5-4-10(8-14)17-11/h9-11H,4-8,14H2,1-3H3/t9?,10-,11+/m1/s1. The Morgan fingerprint density at radius 3 is 2.65 bits per heavy atom. The highest BCUT2D eigenvalue weighted by Crippen LogP contribution is 2.49. The van der Waals surface area contributed by atoms with Crippen LogP contribution in [0.2, 0.25) is 0 Å². The summed E-state index contributed by atoms with van der Waals surface area (Å²) in [5.41, 5.74) is 5.89. The van der Waals surface area contributed by atoms with Crippen molar-refractivity contribution < 1.29 is 9.53 Å². The summed E-state index contributed by atoms with van der Waals surface area (Å²) in [7, 11) is 1.90. The molecule has 1 aliphatic heterocycles. The van der Waals surface area contributed by atoms with Gasteiger partial charge >= 0.3 is 0 Å². The Kier molecular flexibility index (Phi) is 3.46. The van der Waals surface area contributed by atoms with E-state index in [4.69, 9.17) is 10.5 Å². The molecule has 0 aromatic heterocycles. The summed E-state index contributed by atoms with van der Waals surface area (Å²) >= 11 is 0. The molecule has 1 saturated heterocycles. The first kappa shape index (κ1) is 12.8. The van der Waals surface area contributed by atoms with Gasteiger partial charge in [0.25, 0.3) is 5.91 Å². The van der Waals surface area contributed by atoms with Crippen molar-refractivity contribution in [2.75, 3.05) is 13.6 Å². The number of nitrogens with zero attached hydrogens (tertiary/aromatic N) is 1. The lowest BCUT2D eigenvalue weighted by Gasteiger charge is -2.31. The molecule has 4 nitrogen and oxygen atoms in total. The van der Waals surface area contributed by atoms with E-state index in [1.54, 1.807) is 0 Å². The summed E-state index contributed by atoms with van der Waals surface area (Å²) in [6.07, 6.45) is 3.98. The molecule has 4 heteroatoms. The van der Waals surface area contributed by atoms with Crippen LogP contribution in [0.3, 0.4) is 0 Å². The lowest BCUT2D eigenvalue weighted by molar-refractivity contribution is -0.144. The summed E-state index contributed by atoms with van der Waals surface area (Å²) in [5, 5.41) is 0. The van der Waals surface area contributed by atoms with Crippen molar-refractivity contribution in [3.63, 3.8) is 0 Å². The molecule has 2 rings (SSSR count). The molecule has 0 radical (unpaired) electrons. The zero-order valence-electron chi connectivity index (χ0n) is 11.1. The molecule has 1 unspecified atom stereocenters. The molecule has 2 fully saturated rings. The Hall–Kier alpha value is -0.610. The Balaban J connectivity index is 1.91. The summed E-state index contributed by atoms with van der Waals surface area (Å²) in [4.78, 5) is 14.2. The van der Waals surface area contributed by atoms with Gasteiger partial charge in [-0.05, 0) is 38.0 Å². The van der Waals surface area contributed by atoms with Crippen LogP contribution in [-0.2, 0) is 9.53 Å². The van der Waals surface area contributed by atoms with Crippen molar-refractivity contribution in [2.45, 2.75) is 57.8 Å². The Morgan fingerprint density at radius 2 is 2.18 bits per heavy atom. The van der Waals surface area contributed by atoms with E-state index in [2.05, 4.69) is 13.8 Å². The summed E-state index contributed by atoms with van der Waals surface area (Å²) in [6, 6.07) is 0.301. The maximum Gasteiger partial charge on any atom is 0.251 e. The van der Waals surface area contributed by atoms with Crippen LogP contribution < -0.4 is 5.73 Å². The number of carbonyl (C=O) groups is 1. The van der Waals surface area contributed by atoms with E-state index in [9.17, 15) is 4.79 Å². The molecule has 1 aliphatic carbocycles. The molecule has 2 N–H and O–H groups in total. The molecule has 1 saturated carbocycles. The number of ether oxygens (including phenoxy) is 1. The highest BCUT2D eigenvalue weighted by atomic mass is 16.5. The fourth-order valence-electron chi connectivity index (χ4n) is 2.56. The van der Waals surface area contributed by atoms with Crippen LogP contribution in [0.4, 0.5) is 0 Å². The molecule has 0 aromatic rings. The van der Waals surface area contributed by atoms with Crippen LogP contribution in [-0.4, -0.2) is 42.6 Å². The highest BCUT2D eigenvalue weighted by Gasteiger charge is 2.46. The van der Waals surface area contributed by atoms with Crippen molar-refractivity contribution >= 4 is 5.91 Å². The lowest BCUT2D eigenvalue weighted by Crippen LogP contribution is -2.45. The maximum absolute atomic E-state index is 12.3. The molecule has 0 spiro atoms.